The molecule has 7 heteroatoms. The van der Waals surface area contributed by atoms with E-state index in [2.05, 4.69) is 37.2 Å². The number of anilines is 1. The predicted molar refractivity (Wildman–Crippen MR) is 114 cm³/mol. The van der Waals surface area contributed by atoms with Crippen LogP contribution < -0.4 is 5.32 Å². The molecule has 0 bridgehead atoms. The minimum absolute atomic E-state index is 0.0104. The number of hydrogen-bond acceptors (Lipinski definition) is 5. The zero-order valence-corrected chi connectivity index (χ0v) is 17.2. The molecule has 148 valence electrons. The van der Waals surface area contributed by atoms with Crippen LogP contribution in [0.25, 0.3) is 11.4 Å². The van der Waals surface area contributed by atoms with E-state index in [0.29, 0.717) is 6.04 Å². The lowest BCUT2D eigenvalue weighted by molar-refractivity contribution is -0.115. The quantitative estimate of drug-likeness (QED) is 0.620. The second-order valence-corrected chi connectivity index (χ2v) is 9.04. The van der Waals surface area contributed by atoms with E-state index in [0.717, 1.165) is 47.9 Å². The van der Waals surface area contributed by atoms with Gasteiger partial charge in [0.15, 0.2) is 11.0 Å². The normalized spacial score (nSPS) is 16.4. The molecule has 2 heterocycles. The van der Waals surface area contributed by atoms with Crippen molar-refractivity contribution in [2.45, 2.75) is 55.5 Å². The lowest BCUT2D eigenvalue weighted by Crippen LogP contribution is -2.23. The highest BCUT2D eigenvalue weighted by molar-refractivity contribution is 8.00. The van der Waals surface area contributed by atoms with Crippen LogP contribution in [0.5, 0.6) is 0 Å². The van der Waals surface area contributed by atoms with Crippen molar-refractivity contribution in [1.82, 2.24) is 19.7 Å². The maximum absolute atomic E-state index is 12.8. The fourth-order valence-corrected chi connectivity index (χ4v) is 4.74. The lowest BCUT2D eigenvalue weighted by atomic mass is 10.1. The molecule has 1 aromatic carbocycles. The third-order valence-electron chi connectivity index (χ3n) is 5.53. The predicted octanol–water partition coefficient (Wildman–Crippen LogP) is 4.28. The van der Waals surface area contributed by atoms with Crippen molar-refractivity contribution in [3.63, 3.8) is 0 Å². The molecule has 0 unspecified atom stereocenters. The molecule has 29 heavy (non-hydrogen) atoms. The van der Waals surface area contributed by atoms with Gasteiger partial charge in [0.05, 0.1) is 5.25 Å². The number of fused-ring (bicyclic) bond motifs is 1. The number of carbonyl (C=O) groups excluding carboxylic acids is 1. The van der Waals surface area contributed by atoms with Crippen LogP contribution in [0.1, 0.15) is 43.4 Å². The highest BCUT2D eigenvalue weighted by Gasteiger charge is 2.31. The van der Waals surface area contributed by atoms with Gasteiger partial charge in [-0.25, -0.2) is 0 Å². The average molecular weight is 406 g/mol. The second-order valence-electron chi connectivity index (χ2n) is 7.73. The summed E-state index contributed by atoms with van der Waals surface area (Å²) >= 11 is 1.47. The summed E-state index contributed by atoms with van der Waals surface area (Å²) in [6.45, 7) is 1.92. The Labute approximate surface area is 174 Å². The van der Waals surface area contributed by atoms with Gasteiger partial charge in [-0.3, -0.25) is 14.3 Å². The van der Waals surface area contributed by atoms with Crippen molar-refractivity contribution < 1.29 is 4.79 Å². The molecule has 0 spiro atoms. The number of nitrogens with zero attached hydrogens (tertiary/aromatic N) is 4. The second kappa shape index (κ2) is 7.63. The van der Waals surface area contributed by atoms with E-state index in [9.17, 15) is 4.79 Å². The van der Waals surface area contributed by atoms with Crippen LogP contribution in [0.15, 0.2) is 47.9 Å². The summed E-state index contributed by atoms with van der Waals surface area (Å²) < 4.78 is 2.18. The fraction of sp³-hybridized carbons (Fsp3) is 0.364. The Balaban J connectivity index is 1.32. The van der Waals surface area contributed by atoms with E-state index in [1.54, 1.807) is 12.4 Å². The number of hydrogen-bond donors (Lipinski definition) is 1. The van der Waals surface area contributed by atoms with Crippen LogP contribution in [0.2, 0.25) is 0 Å². The zero-order valence-electron chi connectivity index (χ0n) is 16.3. The monoisotopic (exact) mass is 405 g/mol. The van der Waals surface area contributed by atoms with Crippen molar-refractivity contribution in [1.29, 1.82) is 0 Å². The van der Waals surface area contributed by atoms with Crippen LogP contribution in [0, 0.1) is 0 Å². The third kappa shape index (κ3) is 3.79. The summed E-state index contributed by atoms with van der Waals surface area (Å²) in [7, 11) is 0. The van der Waals surface area contributed by atoms with E-state index >= 15 is 0 Å². The number of rotatable bonds is 6. The minimum Gasteiger partial charge on any atom is -0.325 e. The zero-order chi connectivity index (χ0) is 19.8. The molecule has 2 aliphatic rings. The van der Waals surface area contributed by atoms with E-state index in [1.807, 2.05) is 25.1 Å². The maximum atomic E-state index is 12.8. The molecule has 2 aliphatic carbocycles. The van der Waals surface area contributed by atoms with Crippen molar-refractivity contribution in [3.05, 3.63) is 53.9 Å². The van der Waals surface area contributed by atoms with E-state index in [1.165, 1.54) is 29.3 Å². The van der Waals surface area contributed by atoms with Gasteiger partial charge in [-0.15, -0.1) is 10.2 Å². The number of aromatic nitrogens is 4. The molecule has 6 nitrogen and oxygen atoms in total. The number of carbonyl (C=O) groups is 1. The van der Waals surface area contributed by atoms with Gasteiger partial charge in [0.25, 0.3) is 0 Å². The highest BCUT2D eigenvalue weighted by atomic mass is 32.2. The van der Waals surface area contributed by atoms with Crippen molar-refractivity contribution in [2.75, 3.05) is 5.32 Å². The van der Waals surface area contributed by atoms with Crippen molar-refractivity contribution in [2.24, 2.45) is 0 Å². The Morgan fingerprint density at radius 3 is 2.72 bits per heavy atom. The Bertz CT molecular complexity index is 1040. The number of aryl methyl sites for hydroxylation is 2. The average Bonchev–Trinajstić information content (AvgIpc) is 3.32. The Hall–Kier alpha value is -2.67. The number of nitrogens with one attached hydrogen (secondary N) is 1. The summed E-state index contributed by atoms with van der Waals surface area (Å²) in [5.74, 6) is 0.840. The molecule has 1 fully saturated rings. The molecule has 0 aliphatic heterocycles. The summed E-state index contributed by atoms with van der Waals surface area (Å²) in [5.41, 5.74) is 4.65. The Morgan fingerprint density at radius 2 is 1.93 bits per heavy atom. The summed E-state index contributed by atoms with van der Waals surface area (Å²) in [4.78, 5) is 16.9. The van der Waals surface area contributed by atoms with Gasteiger partial charge in [0, 0.05) is 29.7 Å². The SMILES string of the molecule is C[C@H](Sc1nnc(-c2ccncc2)n1C1CC1)C(=O)Nc1ccc2c(c1)CCC2. The molecule has 1 saturated carbocycles. The first kappa shape index (κ1) is 18.4. The van der Waals surface area contributed by atoms with E-state index < -0.39 is 0 Å². The standard InChI is InChI=1S/C22H23N5OS/c1-14(21(28)24-18-6-5-15-3-2-4-17(15)13-18)29-22-26-25-20(27(22)19-7-8-19)16-9-11-23-12-10-16/h5-6,9-14,19H,2-4,7-8H2,1H3,(H,24,28)/t14-/m0/s1. The Kier molecular flexibility index (Phi) is 4.83. The van der Waals surface area contributed by atoms with Crippen LogP contribution in [-0.4, -0.2) is 30.9 Å². The van der Waals surface area contributed by atoms with E-state index in [-0.39, 0.29) is 11.2 Å². The molecule has 2 aromatic heterocycles. The van der Waals surface area contributed by atoms with Crippen LogP contribution in [-0.2, 0) is 17.6 Å². The molecular weight excluding hydrogens is 382 g/mol. The van der Waals surface area contributed by atoms with Crippen LogP contribution in [0.4, 0.5) is 5.69 Å². The largest absolute Gasteiger partial charge is 0.325 e. The van der Waals surface area contributed by atoms with Gasteiger partial charge < -0.3 is 5.32 Å². The van der Waals surface area contributed by atoms with Gasteiger partial charge in [-0.1, -0.05) is 17.8 Å². The van der Waals surface area contributed by atoms with E-state index in [4.69, 9.17) is 0 Å². The van der Waals surface area contributed by atoms with Crippen molar-refractivity contribution >= 4 is 23.4 Å². The molecule has 0 saturated heterocycles. The smallest absolute Gasteiger partial charge is 0.237 e. The fourth-order valence-electron chi connectivity index (χ4n) is 3.82. The highest BCUT2D eigenvalue weighted by Crippen LogP contribution is 2.41. The van der Waals surface area contributed by atoms with Crippen LogP contribution in [0.3, 0.4) is 0 Å². The number of thioether (sulfide) groups is 1. The molecule has 0 radical (unpaired) electrons. The number of benzene rings is 1. The molecule has 1 amide bonds. The lowest BCUT2D eigenvalue weighted by Gasteiger charge is -2.14. The number of amides is 1. The minimum atomic E-state index is -0.268. The Morgan fingerprint density at radius 1 is 1.14 bits per heavy atom. The number of pyridine rings is 1. The summed E-state index contributed by atoms with van der Waals surface area (Å²) in [6, 6.07) is 10.6. The van der Waals surface area contributed by atoms with Gasteiger partial charge in [0.1, 0.15) is 0 Å². The van der Waals surface area contributed by atoms with Gasteiger partial charge >= 0.3 is 0 Å². The molecule has 3 aromatic rings. The topological polar surface area (TPSA) is 72.7 Å². The van der Waals surface area contributed by atoms with Gasteiger partial charge in [-0.2, -0.15) is 0 Å². The molecular formula is C22H23N5OS. The maximum Gasteiger partial charge on any atom is 0.237 e. The third-order valence-corrected chi connectivity index (χ3v) is 6.59. The van der Waals surface area contributed by atoms with Gasteiger partial charge in [0.2, 0.25) is 5.91 Å². The summed E-state index contributed by atoms with van der Waals surface area (Å²) in [5, 5.41) is 12.4. The van der Waals surface area contributed by atoms with Crippen molar-refractivity contribution in [3.8, 4) is 11.4 Å². The first-order valence-electron chi connectivity index (χ1n) is 10.1. The molecule has 1 N–H and O–H groups in total. The van der Waals surface area contributed by atoms with Gasteiger partial charge in [-0.05, 0) is 74.4 Å². The van der Waals surface area contributed by atoms with Crippen LogP contribution >= 0.6 is 11.8 Å². The first-order valence-corrected chi connectivity index (χ1v) is 11.0. The molecule has 5 rings (SSSR count). The summed E-state index contributed by atoms with van der Waals surface area (Å²) in [6.07, 6.45) is 9.23. The first-order chi connectivity index (χ1) is 14.2. The molecule has 1 atom stereocenters.